The van der Waals surface area contributed by atoms with E-state index in [9.17, 15) is 18.4 Å². The molecule has 176 valence electrons. The zero-order valence-electron chi connectivity index (χ0n) is 18.7. The van der Waals surface area contributed by atoms with Gasteiger partial charge in [0.15, 0.2) is 11.5 Å². The number of halogens is 2. The standard InChI is InChI=1S/C25H23F2N3O4/c1-3-12-30-14-16(5-9-21(30)31)22-15(2)4-8-20(28-22)29-23(32)24(10-11-24)17-6-7-18-19(13-17)34-25(26,27)33-18/h4-9,13-14H,3,10-12H2,1-2H3,(H,28,29,32). The molecular formula is C25H23F2N3O4. The van der Waals surface area contributed by atoms with Crippen molar-refractivity contribution in [1.82, 2.24) is 9.55 Å². The molecule has 3 heterocycles. The first-order valence-corrected chi connectivity index (χ1v) is 11.1. The van der Waals surface area contributed by atoms with Crippen LogP contribution in [0.5, 0.6) is 11.5 Å². The van der Waals surface area contributed by atoms with E-state index in [0.29, 0.717) is 36.5 Å². The van der Waals surface area contributed by atoms with E-state index in [0.717, 1.165) is 17.5 Å². The van der Waals surface area contributed by atoms with Gasteiger partial charge in [0.1, 0.15) is 5.82 Å². The number of amides is 1. The number of hydrogen-bond acceptors (Lipinski definition) is 5. The molecule has 1 amide bonds. The highest BCUT2D eigenvalue weighted by atomic mass is 19.3. The fraction of sp³-hybridized carbons (Fsp3) is 0.320. The fourth-order valence-electron chi connectivity index (χ4n) is 4.23. The lowest BCUT2D eigenvalue weighted by molar-refractivity contribution is -0.286. The zero-order valence-corrected chi connectivity index (χ0v) is 18.7. The molecule has 2 aromatic heterocycles. The first-order chi connectivity index (χ1) is 16.2. The maximum atomic E-state index is 13.4. The third kappa shape index (κ3) is 3.91. The number of aryl methyl sites for hydroxylation is 2. The van der Waals surface area contributed by atoms with Crippen molar-refractivity contribution in [2.75, 3.05) is 5.32 Å². The first-order valence-electron chi connectivity index (χ1n) is 11.1. The molecule has 1 saturated carbocycles. The van der Waals surface area contributed by atoms with Gasteiger partial charge in [0, 0.05) is 24.4 Å². The zero-order chi connectivity index (χ0) is 24.1. The summed E-state index contributed by atoms with van der Waals surface area (Å²) in [6, 6.07) is 11.3. The largest absolute Gasteiger partial charge is 0.586 e. The Bertz CT molecular complexity index is 1350. The van der Waals surface area contributed by atoms with Gasteiger partial charge in [0.05, 0.1) is 11.1 Å². The number of anilines is 1. The first kappa shape index (κ1) is 22.1. The van der Waals surface area contributed by atoms with Crippen molar-refractivity contribution in [3.05, 3.63) is 70.1 Å². The molecule has 1 N–H and O–H groups in total. The van der Waals surface area contributed by atoms with Gasteiger partial charge in [-0.2, -0.15) is 0 Å². The number of pyridine rings is 2. The topological polar surface area (TPSA) is 82.5 Å². The predicted octanol–water partition coefficient (Wildman–Crippen LogP) is 4.62. The van der Waals surface area contributed by atoms with Gasteiger partial charge in [-0.25, -0.2) is 4.98 Å². The quantitative estimate of drug-likeness (QED) is 0.572. The van der Waals surface area contributed by atoms with E-state index in [-0.39, 0.29) is 23.0 Å². The van der Waals surface area contributed by atoms with Gasteiger partial charge < -0.3 is 19.4 Å². The molecule has 0 atom stereocenters. The van der Waals surface area contributed by atoms with Crippen LogP contribution >= 0.6 is 0 Å². The molecule has 9 heteroatoms. The second kappa shape index (κ2) is 7.93. The molecule has 1 aromatic carbocycles. The molecule has 1 aliphatic heterocycles. The number of nitrogens with zero attached hydrogens (tertiary/aromatic N) is 2. The van der Waals surface area contributed by atoms with Crippen LogP contribution in [0.4, 0.5) is 14.6 Å². The molecular weight excluding hydrogens is 444 g/mol. The van der Waals surface area contributed by atoms with Crippen LogP contribution in [-0.2, 0) is 16.8 Å². The molecule has 0 radical (unpaired) electrons. The van der Waals surface area contributed by atoms with Crippen LogP contribution in [0.2, 0.25) is 0 Å². The van der Waals surface area contributed by atoms with Gasteiger partial charge in [0.2, 0.25) is 5.91 Å². The predicted molar refractivity (Wildman–Crippen MR) is 121 cm³/mol. The van der Waals surface area contributed by atoms with E-state index in [1.165, 1.54) is 18.2 Å². The number of hydrogen-bond donors (Lipinski definition) is 1. The molecule has 1 aliphatic carbocycles. The summed E-state index contributed by atoms with van der Waals surface area (Å²) in [5.74, 6) is -0.0347. The Kier molecular flexibility index (Phi) is 5.15. The number of carbonyl (C=O) groups excluding carboxylic acids is 1. The summed E-state index contributed by atoms with van der Waals surface area (Å²) in [5, 5.41) is 2.88. The molecule has 34 heavy (non-hydrogen) atoms. The van der Waals surface area contributed by atoms with Gasteiger partial charge in [-0.1, -0.05) is 19.1 Å². The maximum Gasteiger partial charge on any atom is 0.586 e. The van der Waals surface area contributed by atoms with Gasteiger partial charge in [-0.15, -0.1) is 8.78 Å². The van der Waals surface area contributed by atoms with E-state index in [1.807, 2.05) is 19.9 Å². The number of alkyl halides is 2. The Labute approximate surface area is 194 Å². The highest BCUT2D eigenvalue weighted by molar-refractivity contribution is 6.01. The smallest absolute Gasteiger partial charge is 0.395 e. The summed E-state index contributed by atoms with van der Waals surface area (Å²) >= 11 is 0. The van der Waals surface area contributed by atoms with Crippen LogP contribution in [0.15, 0.2) is 53.5 Å². The molecule has 0 unspecified atom stereocenters. The molecule has 7 nitrogen and oxygen atoms in total. The Morgan fingerprint density at radius 3 is 2.62 bits per heavy atom. The van der Waals surface area contributed by atoms with Crippen LogP contribution in [0.25, 0.3) is 11.3 Å². The number of carbonyl (C=O) groups is 1. The normalized spacial score (nSPS) is 16.8. The molecule has 0 spiro atoms. The second-order valence-electron chi connectivity index (χ2n) is 8.68. The van der Waals surface area contributed by atoms with Crippen molar-refractivity contribution in [3.8, 4) is 22.8 Å². The Morgan fingerprint density at radius 1 is 1.12 bits per heavy atom. The van der Waals surface area contributed by atoms with Crippen molar-refractivity contribution in [2.24, 2.45) is 0 Å². The van der Waals surface area contributed by atoms with Crippen molar-refractivity contribution in [3.63, 3.8) is 0 Å². The molecule has 2 aliphatic rings. The number of rotatable bonds is 6. The van der Waals surface area contributed by atoms with Crippen LogP contribution in [0, 0.1) is 6.92 Å². The Morgan fingerprint density at radius 2 is 1.88 bits per heavy atom. The van der Waals surface area contributed by atoms with Crippen LogP contribution in [-0.4, -0.2) is 21.8 Å². The van der Waals surface area contributed by atoms with Crippen molar-refractivity contribution < 1.29 is 23.0 Å². The van der Waals surface area contributed by atoms with Crippen molar-refractivity contribution >= 4 is 11.7 Å². The van der Waals surface area contributed by atoms with Gasteiger partial charge in [-0.05, 0) is 61.6 Å². The van der Waals surface area contributed by atoms with Gasteiger partial charge in [0.25, 0.3) is 5.56 Å². The van der Waals surface area contributed by atoms with E-state index in [4.69, 9.17) is 0 Å². The summed E-state index contributed by atoms with van der Waals surface area (Å²) in [5.41, 5.74) is 2.01. The number of nitrogens with one attached hydrogen (secondary N) is 1. The third-order valence-corrected chi connectivity index (χ3v) is 6.20. The van der Waals surface area contributed by atoms with Gasteiger partial charge >= 0.3 is 6.29 Å². The van der Waals surface area contributed by atoms with E-state index in [2.05, 4.69) is 19.8 Å². The average Bonchev–Trinajstić information content (AvgIpc) is 3.54. The van der Waals surface area contributed by atoms with Crippen LogP contribution in [0.1, 0.15) is 37.3 Å². The molecule has 3 aromatic rings. The Hall–Kier alpha value is -3.75. The van der Waals surface area contributed by atoms with E-state index < -0.39 is 11.7 Å². The summed E-state index contributed by atoms with van der Waals surface area (Å²) in [6.07, 6.45) is 0.0514. The second-order valence-corrected chi connectivity index (χ2v) is 8.68. The summed E-state index contributed by atoms with van der Waals surface area (Å²) in [4.78, 5) is 29.9. The highest BCUT2D eigenvalue weighted by Crippen LogP contribution is 2.52. The van der Waals surface area contributed by atoms with Crippen molar-refractivity contribution in [2.45, 2.75) is 51.4 Å². The minimum Gasteiger partial charge on any atom is -0.395 e. The SMILES string of the molecule is CCCn1cc(-c2nc(NC(=O)C3(c4ccc5c(c4)OC(F)(F)O5)CC3)ccc2C)ccc1=O. The lowest BCUT2D eigenvalue weighted by atomic mass is 9.94. The summed E-state index contributed by atoms with van der Waals surface area (Å²) in [7, 11) is 0. The molecule has 0 saturated heterocycles. The average molecular weight is 467 g/mol. The number of aromatic nitrogens is 2. The summed E-state index contributed by atoms with van der Waals surface area (Å²) < 4.78 is 37.4. The lowest BCUT2D eigenvalue weighted by Crippen LogP contribution is -2.28. The number of ether oxygens (including phenoxy) is 2. The third-order valence-electron chi connectivity index (χ3n) is 6.20. The Balaban J connectivity index is 1.40. The van der Waals surface area contributed by atoms with E-state index in [1.54, 1.807) is 29.0 Å². The molecule has 0 bridgehead atoms. The minimum absolute atomic E-state index is 0.0563. The lowest BCUT2D eigenvalue weighted by Gasteiger charge is -2.17. The molecule has 5 rings (SSSR count). The van der Waals surface area contributed by atoms with Gasteiger partial charge in [-0.3, -0.25) is 9.59 Å². The molecule has 1 fully saturated rings. The maximum absolute atomic E-state index is 13.4. The monoisotopic (exact) mass is 467 g/mol. The fourth-order valence-corrected chi connectivity index (χ4v) is 4.23. The summed E-state index contributed by atoms with van der Waals surface area (Å²) in [6.45, 7) is 4.51. The minimum atomic E-state index is -3.71. The highest BCUT2D eigenvalue weighted by Gasteiger charge is 2.53. The van der Waals surface area contributed by atoms with Crippen LogP contribution in [0.3, 0.4) is 0 Å². The van der Waals surface area contributed by atoms with Crippen LogP contribution < -0.4 is 20.3 Å². The number of fused-ring (bicyclic) bond motifs is 1. The number of benzene rings is 1. The van der Waals surface area contributed by atoms with E-state index >= 15 is 0 Å². The van der Waals surface area contributed by atoms with Crippen molar-refractivity contribution in [1.29, 1.82) is 0 Å².